The van der Waals surface area contributed by atoms with Crippen molar-refractivity contribution in [3.8, 4) is 0 Å². The van der Waals surface area contributed by atoms with Gasteiger partial charge in [0.1, 0.15) is 5.82 Å². The first kappa shape index (κ1) is 15.3. The van der Waals surface area contributed by atoms with Gasteiger partial charge in [-0.15, -0.1) is 10.2 Å². The molecule has 1 saturated heterocycles. The quantitative estimate of drug-likeness (QED) is 0.821. The second-order valence-electron chi connectivity index (χ2n) is 5.32. The normalized spacial score (nSPS) is 16.6. The van der Waals surface area contributed by atoms with Gasteiger partial charge in [-0.2, -0.15) is 0 Å². The van der Waals surface area contributed by atoms with Gasteiger partial charge in [-0.25, -0.2) is 0 Å². The summed E-state index contributed by atoms with van der Waals surface area (Å²) in [5.41, 5.74) is 5.56. The number of piperidine rings is 1. The van der Waals surface area contributed by atoms with Gasteiger partial charge in [0.25, 0.3) is 0 Å². The fourth-order valence-corrected chi connectivity index (χ4v) is 3.15. The van der Waals surface area contributed by atoms with Crippen LogP contribution in [0.15, 0.2) is 5.16 Å². The third kappa shape index (κ3) is 3.73. The molecule has 0 bridgehead atoms. The Morgan fingerprint density at radius 3 is 2.70 bits per heavy atom. The molecule has 2 heterocycles. The molecule has 7 heteroatoms. The Labute approximate surface area is 124 Å². The summed E-state index contributed by atoms with van der Waals surface area (Å²) in [6, 6.07) is 0. The smallest absolute Gasteiger partial charge is 0.223 e. The van der Waals surface area contributed by atoms with Crippen LogP contribution in [0.25, 0.3) is 0 Å². The molecule has 0 aliphatic carbocycles. The summed E-state index contributed by atoms with van der Waals surface area (Å²) < 4.78 is 1.89. The Morgan fingerprint density at radius 1 is 1.40 bits per heavy atom. The minimum atomic E-state index is 0.255. The SMILES string of the molecule is CC1CCN(C(=O)CCSc2nnc(CN)n2C)CC1. The minimum absolute atomic E-state index is 0.255. The monoisotopic (exact) mass is 297 g/mol. The molecule has 0 saturated carbocycles. The van der Waals surface area contributed by atoms with E-state index in [9.17, 15) is 4.79 Å². The fourth-order valence-electron chi connectivity index (χ4n) is 2.29. The number of likely N-dealkylation sites (tertiary alicyclic amines) is 1. The molecule has 2 N–H and O–H groups in total. The topological polar surface area (TPSA) is 77.0 Å². The Balaban J connectivity index is 1.75. The number of nitrogens with two attached hydrogens (primary N) is 1. The first-order chi connectivity index (χ1) is 9.61. The standard InChI is InChI=1S/C13H23N5OS/c1-10-3-6-18(7-4-10)12(19)5-8-20-13-16-15-11(9-14)17(13)2/h10H,3-9,14H2,1-2H3. The van der Waals surface area contributed by atoms with Gasteiger partial charge in [-0.05, 0) is 18.8 Å². The van der Waals surface area contributed by atoms with Crippen LogP contribution in [0.1, 0.15) is 32.0 Å². The van der Waals surface area contributed by atoms with Crippen LogP contribution in [-0.4, -0.2) is 44.4 Å². The summed E-state index contributed by atoms with van der Waals surface area (Å²) in [4.78, 5) is 14.1. The van der Waals surface area contributed by atoms with Crippen molar-refractivity contribution in [1.29, 1.82) is 0 Å². The van der Waals surface area contributed by atoms with Crippen LogP contribution in [0.4, 0.5) is 0 Å². The molecular formula is C13H23N5OS. The predicted octanol–water partition coefficient (Wildman–Crippen LogP) is 1.01. The molecule has 0 atom stereocenters. The summed E-state index contributed by atoms with van der Waals surface area (Å²) in [6.45, 7) is 4.45. The summed E-state index contributed by atoms with van der Waals surface area (Å²) in [6.07, 6.45) is 2.81. The number of amides is 1. The van der Waals surface area contributed by atoms with Crippen molar-refractivity contribution in [2.45, 2.75) is 37.9 Å². The second-order valence-corrected chi connectivity index (χ2v) is 6.39. The van der Waals surface area contributed by atoms with Crippen molar-refractivity contribution in [2.75, 3.05) is 18.8 Å². The predicted molar refractivity (Wildman–Crippen MR) is 79.2 cm³/mol. The highest BCUT2D eigenvalue weighted by molar-refractivity contribution is 7.99. The number of thioether (sulfide) groups is 1. The highest BCUT2D eigenvalue weighted by Gasteiger charge is 2.20. The van der Waals surface area contributed by atoms with E-state index >= 15 is 0 Å². The van der Waals surface area contributed by atoms with Crippen LogP contribution in [-0.2, 0) is 18.4 Å². The van der Waals surface area contributed by atoms with Crippen LogP contribution in [0, 0.1) is 5.92 Å². The first-order valence-electron chi connectivity index (χ1n) is 7.10. The molecule has 2 rings (SSSR count). The van der Waals surface area contributed by atoms with E-state index in [-0.39, 0.29) is 5.91 Å². The molecule has 112 valence electrons. The van der Waals surface area contributed by atoms with Crippen molar-refractivity contribution in [3.05, 3.63) is 5.82 Å². The van der Waals surface area contributed by atoms with E-state index in [1.165, 1.54) is 0 Å². The molecule has 0 aromatic carbocycles. The van der Waals surface area contributed by atoms with Crippen molar-refractivity contribution in [1.82, 2.24) is 19.7 Å². The van der Waals surface area contributed by atoms with Gasteiger partial charge in [0, 0.05) is 32.3 Å². The lowest BCUT2D eigenvalue weighted by Gasteiger charge is -2.30. The summed E-state index contributed by atoms with van der Waals surface area (Å²) in [5, 5.41) is 8.90. The fraction of sp³-hybridized carbons (Fsp3) is 0.769. The number of hydrogen-bond acceptors (Lipinski definition) is 5. The Morgan fingerprint density at radius 2 is 2.10 bits per heavy atom. The number of carbonyl (C=O) groups excluding carboxylic acids is 1. The minimum Gasteiger partial charge on any atom is -0.343 e. The molecule has 6 nitrogen and oxygen atoms in total. The summed E-state index contributed by atoms with van der Waals surface area (Å²) in [7, 11) is 1.90. The number of rotatable bonds is 5. The van der Waals surface area contributed by atoms with E-state index in [0.29, 0.717) is 13.0 Å². The Kier molecular flexibility index (Phi) is 5.42. The number of hydrogen-bond donors (Lipinski definition) is 1. The molecular weight excluding hydrogens is 274 g/mol. The molecule has 1 fully saturated rings. The molecule has 1 aromatic heterocycles. The maximum absolute atomic E-state index is 12.1. The molecule has 1 aliphatic rings. The zero-order valence-corrected chi connectivity index (χ0v) is 13.0. The largest absolute Gasteiger partial charge is 0.343 e. The van der Waals surface area contributed by atoms with E-state index in [1.807, 2.05) is 16.5 Å². The second kappa shape index (κ2) is 7.08. The zero-order valence-electron chi connectivity index (χ0n) is 12.2. The number of nitrogens with zero attached hydrogens (tertiary/aromatic N) is 4. The van der Waals surface area contributed by atoms with E-state index in [2.05, 4.69) is 17.1 Å². The van der Waals surface area contributed by atoms with Gasteiger partial charge < -0.3 is 15.2 Å². The summed E-state index contributed by atoms with van der Waals surface area (Å²) in [5.74, 6) is 2.51. The lowest BCUT2D eigenvalue weighted by Crippen LogP contribution is -2.38. The van der Waals surface area contributed by atoms with Crippen LogP contribution >= 0.6 is 11.8 Å². The van der Waals surface area contributed by atoms with Crippen molar-refractivity contribution >= 4 is 17.7 Å². The molecule has 1 aromatic rings. The first-order valence-corrected chi connectivity index (χ1v) is 8.09. The van der Waals surface area contributed by atoms with E-state index in [4.69, 9.17) is 5.73 Å². The van der Waals surface area contributed by atoms with Crippen molar-refractivity contribution < 1.29 is 4.79 Å². The number of carbonyl (C=O) groups is 1. The number of aromatic nitrogens is 3. The highest BCUT2D eigenvalue weighted by atomic mass is 32.2. The molecule has 0 radical (unpaired) electrons. The van der Waals surface area contributed by atoms with Crippen LogP contribution < -0.4 is 5.73 Å². The van der Waals surface area contributed by atoms with Crippen LogP contribution in [0.2, 0.25) is 0 Å². The maximum Gasteiger partial charge on any atom is 0.223 e. The molecule has 0 unspecified atom stereocenters. The summed E-state index contributed by atoms with van der Waals surface area (Å²) >= 11 is 1.56. The average molecular weight is 297 g/mol. The van der Waals surface area contributed by atoms with Gasteiger partial charge in [0.05, 0.1) is 6.54 Å². The highest BCUT2D eigenvalue weighted by Crippen LogP contribution is 2.19. The zero-order chi connectivity index (χ0) is 14.5. The van der Waals surface area contributed by atoms with Gasteiger partial charge in [-0.1, -0.05) is 18.7 Å². The lowest BCUT2D eigenvalue weighted by molar-refractivity contribution is -0.132. The van der Waals surface area contributed by atoms with Crippen LogP contribution in [0.3, 0.4) is 0 Å². The Bertz CT molecular complexity index is 454. The third-order valence-corrected chi connectivity index (χ3v) is 4.81. The lowest BCUT2D eigenvalue weighted by atomic mass is 9.99. The molecule has 0 spiro atoms. The van der Waals surface area contributed by atoms with Gasteiger partial charge in [0.15, 0.2) is 5.16 Å². The third-order valence-electron chi connectivity index (χ3n) is 3.79. The maximum atomic E-state index is 12.1. The average Bonchev–Trinajstić information content (AvgIpc) is 2.80. The molecule has 1 aliphatic heterocycles. The van der Waals surface area contributed by atoms with Crippen molar-refractivity contribution in [2.24, 2.45) is 18.7 Å². The van der Waals surface area contributed by atoms with Gasteiger partial charge >= 0.3 is 0 Å². The van der Waals surface area contributed by atoms with Crippen molar-refractivity contribution in [3.63, 3.8) is 0 Å². The van der Waals surface area contributed by atoms with E-state index in [1.54, 1.807) is 11.8 Å². The van der Waals surface area contributed by atoms with Crippen LogP contribution in [0.5, 0.6) is 0 Å². The molecule has 20 heavy (non-hydrogen) atoms. The van der Waals surface area contributed by atoms with Gasteiger partial charge in [-0.3, -0.25) is 4.79 Å². The van der Waals surface area contributed by atoms with E-state index < -0.39 is 0 Å². The molecule has 1 amide bonds. The van der Waals surface area contributed by atoms with E-state index in [0.717, 1.165) is 48.6 Å². The van der Waals surface area contributed by atoms with Gasteiger partial charge in [0.2, 0.25) is 5.91 Å². The Hall–Kier alpha value is -1.08.